The molecule has 0 bridgehead atoms. The van der Waals surface area contributed by atoms with Crippen molar-refractivity contribution < 1.29 is 22.7 Å². The number of hydrogen-bond donors (Lipinski definition) is 1. The zero-order valence-corrected chi connectivity index (χ0v) is 9.67. The highest BCUT2D eigenvalue weighted by atomic mass is 19.2. The van der Waals surface area contributed by atoms with Crippen molar-refractivity contribution in [2.24, 2.45) is 0 Å². The van der Waals surface area contributed by atoms with Crippen molar-refractivity contribution in [3.05, 3.63) is 35.1 Å². The van der Waals surface area contributed by atoms with E-state index in [-0.39, 0.29) is 6.10 Å². The fraction of sp³-hybridized carbons (Fsp3) is 0.417. The van der Waals surface area contributed by atoms with Gasteiger partial charge in [-0.3, -0.25) is 4.79 Å². The van der Waals surface area contributed by atoms with E-state index in [2.05, 4.69) is 5.32 Å². The standard InChI is InChI=1S/C12H12F3NO2/c1-18-6-4-9(16-5-6)12(17)7-2-3-8(13)11(15)10(7)14/h2-3,6,9,16H,4-5H2,1H3. The summed E-state index contributed by atoms with van der Waals surface area (Å²) in [7, 11) is 1.51. The Balaban J connectivity index is 2.22. The first-order chi connectivity index (χ1) is 8.54. The van der Waals surface area contributed by atoms with Crippen molar-refractivity contribution in [1.29, 1.82) is 0 Å². The number of ether oxygens (including phenoxy) is 1. The van der Waals surface area contributed by atoms with Crippen LogP contribution in [0.2, 0.25) is 0 Å². The average molecular weight is 259 g/mol. The molecule has 0 saturated carbocycles. The summed E-state index contributed by atoms with van der Waals surface area (Å²) >= 11 is 0. The highest BCUT2D eigenvalue weighted by Crippen LogP contribution is 2.20. The highest BCUT2D eigenvalue weighted by molar-refractivity contribution is 6.00. The molecule has 1 saturated heterocycles. The number of halogens is 3. The summed E-state index contributed by atoms with van der Waals surface area (Å²) in [6.45, 7) is 0.470. The summed E-state index contributed by atoms with van der Waals surface area (Å²) < 4.78 is 44.3. The average Bonchev–Trinajstić information content (AvgIpc) is 2.84. The predicted molar refractivity (Wildman–Crippen MR) is 57.9 cm³/mol. The van der Waals surface area contributed by atoms with E-state index in [1.54, 1.807) is 0 Å². The Morgan fingerprint density at radius 3 is 2.67 bits per heavy atom. The summed E-state index contributed by atoms with van der Waals surface area (Å²) in [5.41, 5.74) is -0.442. The Hall–Kier alpha value is -1.40. The molecule has 98 valence electrons. The summed E-state index contributed by atoms with van der Waals surface area (Å²) in [6, 6.07) is 1.07. The van der Waals surface area contributed by atoms with Crippen LogP contribution < -0.4 is 5.32 Å². The minimum Gasteiger partial charge on any atom is -0.380 e. The molecule has 6 heteroatoms. The van der Waals surface area contributed by atoms with E-state index in [1.807, 2.05) is 0 Å². The molecule has 0 aliphatic carbocycles. The Labute approximate surface area is 102 Å². The van der Waals surface area contributed by atoms with Gasteiger partial charge in [0.15, 0.2) is 23.2 Å². The summed E-state index contributed by atoms with van der Waals surface area (Å²) in [6.07, 6.45) is 0.251. The second-order valence-corrected chi connectivity index (χ2v) is 4.14. The van der Waals surface area contributed by atoms with Gasteiger partial charge in [-0.1, -0.05) is 0 Å². The molecule has 2 unspecified atom stereocenters. The zero-order valence-electron chi connectivity index (χ0n) is 9.67. The lowest BCUT2D eigenvalue weighted by Crippen LogP contribution is -2.31. The number of methoxy groups -OCH3 is 1. The first kappa shape index (κ1) is 13.0. The van der Waals surface area contributed by atoms with Gasteiger partial charge in [0.25, 0.3) is 0 Å². The third-order valence-electron chi connectivity index (χ3n) is 3.04. The minimum atomic E-state index is -1.62. The molecule has 0 aromatic heterocycles. The molecule has 18 heavy (non-hydrogen) atoms. The van der Waals surface area contributed by atoms with E-state index in [4.69, 9.17) is 4.74 Å². The molecule has 0 radical (unpaired) electrons. The van der Waals surface area contributed by atoms with Crippen LogP contribution in [-0.4, -0.2) is 31.6 Å². The van der Waals surface area contributed by atoms with Gasteiger partial charge in [-0.15, -0.1) is 0 Å². The van der Waals surface area contributed by atoms with Crippen LogP contribution in [0.25, 0.3) is 0 Å². The van der Waals surface area contributed by atoms with E-state index >= 15 is 0 Å². The van der Waals surface area contributed by atoms with Gasteiger partial charge in [-0.2, -0.15) is 0 Å². The molecular weight excluding hydrogens is 247 g/mol. The molecule has 1 fully saturated rings. The lowest BCUT2D eigenvalue weighted by Gasteiger charge is -2.10. The Morgan fingerprint density at radius 1 is 1.33 bits per heavy atom. The van der Waals surface area contributed by atoms with Crippen LogP contribution in [0.5, 0.6) is 0 Å². The van der Waals surface area contributed by atoms with E-state index < -0.39 is 34.8 Å². The van der Waals surface area contributed by atoms with Gasteiger partial charge in [0.05, 0.1) is 17.7 Å². The van der Waals surface area contributed by atoms with Crippen LogP contribution >= 0.6 is 0 Å². The zero-order chi connectivity index (χ0) is 13.3. The van der Waals surface area contributed by atoms with Gasteiger partial charge in [0, 0.05) is 13.7 Å². The van der Waals surface area contributed by atoms with Crippen molar-refractivity contribution >= 4 is 5.78 Å². The molecule has 1 heterocycles. The van der Waals surface area contributed by atoms with Gasteiger partial charge in [-0.25, -0.2) is 13.2 Å². The normalized spacial score (nSPS) is 23.3. The maximum atomic E-state index is 13.5. The predicted octanol–water partition coefficient (Wildman–Crippen LogP) is 1.66. The molecule has 1 aromatic carbocycles. The molecule has 0 amide bonds. The second kappa shape index (κ2) is 5.07. The Bertz CT molecular complexity index is 479. The van der Waals surface area contributed by atoms with E-state index in [0.29, 0.717) is 13.0 Å². The minimum absolute atomic E-state index is 0.132. The smallest absolute Gasteiger partial charge is 0.195 e. The lowest BCUT2D eigenvalue weighted by molar-refractivity contribution is 0.0914. The second-order valence-electron chi connectivity index (χ2n) is 4.14. The Morgan fingerprint density at radius 2 is 2.06 bits per heavy atom. The van der Waals surface area contributed by atoms with Gasteiger partial charge in [-0.05, 0) is 18.6 Å². The van der Waals surface area contributed by atoms with E-state index in [1.165, 1.54) is 7.11 Å². The first-order valence-corrected chi connectivity index (χ1v) is 5.48. The molecule has 0 spiro atoms. The third-order valence-corrected chi connectivity index (χ3v) is 3.04. The first-order valence-electron chi connectivity index (χ1n) is 5.48. The van der Waals surface area contributed by atoms with Crippen molar-refractivity contribution in [1.82, 2.24) is 5.32 Å². The quantitative estimate of drug-likeness (QED) is 0.662. The fourth-order valence-electron chi connectivity index (χ4n) is 1.99. The van der Waals surface area contributed by atoms with Crippen molar-refractivity contribution in [3.63, 3.8) is 0 Å². The van der Waals surface area contributed by atoms with Crippen LogP contribution in [0.3, 0.4) is 0 Å². The van der Waals surface area contributed by atoms with E-state index in [0.717, 1.165) is 12.1 Å². The van der Waals surface area contributed by atoms with Gasteiger partial charge < -0.3 is 10.1 Å². The summed E-state index contributed by atoms with van der Waals surface area (Å²) in [5, 5.41) is 2.86. The fourth-order valence-corrected chi connectivity index (χ4v) is 1.99. The number of carbonyl (C=O) groups is 1. The third kappa shape index (κ3) is 2.26. The number of nitrogens with one attached hydrogen (secondary N) is 1. The topological polar surface area (TPSA) is 38.3 Å². The molecule has 1 aliphatic heterocycles. The Kier molecular flexibility index (Phi) is 3.68. The van der Waals surface area contributed by atoms with Crippen molar-refractivity contribution in [2.75, 3.05) is 13.7 Å². The number of rotatable bonds is 3. The van der Waals surface area contributed by atoms with Gasteiger partial charge in [0.2, 0.25) is 0 Å². The maximum Gasteiger partial charge on any atom is 0.195 e. The van der Waals surface area contributed by atoms with Gasteiger partial charge >= 0.3 is 0 Å². The largest absolute Gasteiger partial charge is 0.380 e. The molecule has 2 atom stereocenters. The highest BCUT2D eigenvalue weighted by Gasteiger charge is 2.32. The molecule has 3 nitrogen and oxygen atoms in total. The van der Waals surface area contributed by atoms with Crippen LogP contribution in [0.15, 0.2) is 12.1 Å². The lowest BCUT2D eigenvalue weighted by atomic mass is 10.0. The number of benzene rings is 1. The van der Waals surface area contributed by atoms with Crippen LogP contribution in [0.4, 0.5) is 13.2 Å². The maximum absolute atomic E-state index is 13.5. The number of ketones is 1. The number of hydrogen-bond acceptors (Lipinski definition) is 3. The van der Waals surface area contributed by atoms with Crippen molar-refractivity contribution in [3.8, 4) is 0 Å². The van der Waals surface area contributed by atoms with Crippen molar-refractivity contribution in [2.45, 2.75) is 18.6 Å². The molecular formula is C12H12F3NO2. The van der Waals surface area contributed by atoms with Crippen LogP contribution in [0, 0.1) is 17.5 Å². The molecule has 2 rings (SSSR count). The molecule has 1 N–H and O–H groups in total. The van der Waals surface area contributed by atoms with Gasteiger partial charge in [0.1, 0.15) is 0 Å². The number of carbonyl (C=O) groups excluding carboxylic acids is 1. The SMILES string of the molecule is COC1CNC(C(=O)c2ccc(F)c(F)c2F)C1. The van der Waals surface area contributed by atoms with Crippen LogP contribution in [0.1, 0.15) is 16.8 Å². The monoisotopic (exact) mass is 259 g/mol. The van der Waals surface area contributed by atoms with Crippen LogP contribution in [-0.2, 0) is 4.74 Å². The molecule has 1 aromatic rings. The van der Waals surface area contributed by atoms with E-state index in [9.17, 15) is 18.0 Å². The summed E-state index contributed by atoms with van der Waals surface area (Å²) in [5.74, 6) is -4.96. The number of Topliss-reactive ketones (excluding diaryl/α,β-unsaturated/α-hetero) is 1. The summed E-state index contributed by atoms with van der Waals surface area (Å²) in [4.78, 5) is 11.9. The molecule has 1 aliphatic rings.